The fraction of sp³-hybridized carbons (Fsp3) is 0.167. The molecule has 0 bridgehead atoms. The molecule has 0 aliphatic rings. The van der Waals surface area contributed by atoms with Gasteiger partial charge in [-0.2, -0.15) is 5.26 Å². The minimum atomic E-state index is -0.968. The van der Waals surface area contributed by atoms with E-state index in [-0.39, 0.29) is 5.75 Å². The second-order valence-electron chi connectivity index (χ2n) is 3.58. The smallest absolute Gasteiger partial charge is 0.313 e. The lowest BCUT2D eigenvalue weighted by Gasteiger charge is -2.06. The van der Waals surface area contributed by atoms with Crippen molar-refractivity contribution in [2.24, 2.45) is 0 Å². The molecule has 0 saturated heterocycles. The molecule has 2 heterocycles. The van der Waals surface area contributed by atoms with Crippen LogP contribution in [0.1, 0.15) is 11.3 Å². The number of aliphatic carboxylic acids is 1. The Bertz CT molecular complexity index is 647. The van der Waals surface area contributed by atoms with Crippen molar-refractivity contribution in [3.8, 4) is 17.7 Å². The van der Waals surface area contributed by atoms with Crippen LogP contribution in [0.2, 0.25) is 0 Å². The average molecular weight is 275 g/mol. The van der Waals surface area contributed by atoms with Crippen molar-refractivity contribution in [3.05, 3.63) is 29.7 Å². The highest BCUT2D eigenvalue weighted by molar-refractivity contribution is 7.99. The van der Waals surface area contributed by atoms with Gasteiger partial charge in [0.15, 0.2) is 11.6 Å². The molecule has 0 aromatic carbocycles. The number of aromatic nitrogens is 2. The molecule has 0 atom stereocenters. The van der Waals surface area contributed by atoms with Gasteiger partial charge in [-0.1, -0.05) is 11.8 Å². The first kappa shape index (κ1) is 13.1. The molecule has 19 heavy (non-hydrogen) atoms. The fourth-order valence-corrected chi connectivity index (χ4v) is 2.17. The van der Waals surface area contributed by atoms with Gasteiger partial charge >= 0.3 is 5.97 Å². The number of hydrogen-bond acceptors (Lipinski definition) is 6. The zero-order valence-electron chi connectivity index (χ0n) is 9.95. The molecular formula is C12H9N3O3S. The topological polar surface area (TPSA) is 100 Å². The molecule has 1 N–H and O–H groups in total. The molecule has 0 amide bonds. The van der Waals surface area contributed by atoms with Gasteiger partial charge < -0.3 is 9.52 Å². The fourth-order valence-electron chi connectivity index (χ4n) is 1.43. The zero-order chi connectivity index (χ0) is 13.8. The minimum Gasteiger partial charge on any atom is -0.481 e. The molecule has 6 nitrogen and oxygen atoms in total. The molecule has 96 valence electrons. The number of carbonyl (C=O) groups is 1. The van der Waals surface area contributed by atoms with Gasteiger partial charge in [0.2, 0.25) is 0 Å². The van der Waals surface area contributed by atoms with Crippen LogP contribution in [-0.4, -0.2) is 26.8 Å². The van der Waals surface area contributed by atoms with Crippen molar-refractivity contribution in [1.29, 1.82) is 5.26 Å². The molecule has 0 radical (unpaired) electrons. The van der Waals surface area contributed by atoms with Crippen LogP contribution < -0.4 is 0 Å². The molecule has 2 aromatic rings. The van der Waals surface area contributed by atoms with Crippen LogP contribution in [0.15, 0.2) is 27.8 Å². The van der Waals surface area contributed by atoms with Crippen LogP contribution in [0.3, 0.4) is 0 Å². The quantitative estimate of drug-likeness (QED) is 0.673. The molecule has 0 fully saturated rings. The van der Waals surface area contributed by atoms with Crippen molar-refractivity contribution in [2.75, 3.05) is 5.75 Å². The predicted molar refractivity (Wildman–Crippen MR) is 67.5 cm³/mol. The molecule has 0 saturated carbocycles. The van der Waals surface area contributed by atoms with E-state index in [4.69, 9.17) is 14.8 Å². The molecule has 0 aliphatic carbocycles. The summed E-state index contributed by atoms with van der Waals surface area (Å²) >= 11 is 0.991. The number of thioether (sulfide) groups is 1. The maximum absolute atomic E-state index is 10.6. The van der Waals surface area contributed by atoms with Gasteiger partial charge in [0.25, 0.3) is 0 Å². The largest absolute Gasteiger partial charge is 0.481 e. The summed E-state index contributed by atoms with van der Waals surface area (Å²) in [4.78, 5) is 19.0. The summed E-state index contributed by atoms with van der Waals surface area (Å²) in [6.45, 7) is 1.68. The lowest BCUT2D eigenvalue weighted by molar-refractivity contribution is -0.133. The second-order valence-corrected chi connectivity index (χ2v) is 4.55. The van der Waals surface area contributed by atoms with Crippen LogP contribution in [0.25, 0.3) is 11.6 Å². The Balaban J connectivity index is 2.44. The monoisotopic (exact) mass is 275 g/mol. The summed E-state index contributed by atoms with van der Waals surface area (Å²) in [6.07, 6.45) is 1.50. The molecular weight excluding hydrogens is 266 g/mol. The van der Waals surface area contributed by atoms with E-state index in [9.17, 15) is 4.79 Å². The Hall–Kier alpha value is -2.33. The van der Waals surface area contributed by atoms with Gasteiger partial charge in [0, 0.05) is 0 Å². The summed E-state index contributed by atoms with van der Waals surface area (Å²) in [6, 6.07) is 5.40. The van der Waals surface area contributed by atoms with E-state index >= 15 is 0 Å². The van der Waals surface area contributed by atoms with Crippen LogP contribution in [0.4, 0.5) is 0 Å². The van der Waals surface area contributed by atoms with E-state index in [1.54, 1.807) is 19.1 Å². The minimum absolute atomic E-state index is 0.164. The third-order valence-electron chi connectivity index (χ3n) is 2.24. The maximum atomic E-state index is 10.6. The number of carboxylic acid groups (broad SMARTS) is 1. The number of rotatable bonds is 4. The van der Waals surface area contributed by atoms with Gasteiger partial charge in [0.1, 0.15) is 16.7 Å². The third-order valence-corrected chi connectivity index (χ3v) is 3.20. The van der Waals surface area contributed by atoms with Gasteiger partial charge in [-0.15, -0.1) is 0 Å². The van der Waals surface area contributed by atoms with Crippen molar-refractivity contribution < 1.29 is 14.3 Å². The number of nitrogens with zero attached hydrogens (tertiary/aromatic N) is 3. The van der Waals surface area contributed by atoms with Gasteiger partial charge in [-0.25, -0.2) is 9.97 Å². The van der Waals surface area contributed by atoms with Crippen LogP contribution in [0, 0.1) is 18.3 Å². The van der Waals surface area contributed by atoms with Gasteiger partial charge in [0.05, 0.1) is 17.7 Å². The number of aryl methyl sites for hydroxylation is 1. The van der Waals surface area contributed by atoms with E-state index in [1.807, 2.05) is 6.07 Å². The number of carboxylic acids is 1. The Morgan fingerprint density at radius 3 is 2.95 bits per heavy atom. The highest BCUT2D eigenvalue weighted by atomic mass is 32.2. The normalized spacial score (nSPS) is 10.1. The van der Waals surface area contributed by atoms with Crippen molar-refractivity contribution in [2.45, 2.75) is 11.9 Å². The molecule has 0 spiro atoms. The number of hydrogen-bond donors (Lipinski definition) is 1. The van der Waals surface area contributed by atoms with E-state index in [0.717, 1.165) is 11.8 Å². The van der Waals surface area contributed by atoms with E-state index < -0.39 is 5.97 Å². The van der Waals surface area contributed by atoms with Gasteiger partial charge in [-0.3, -0.25) is 4.79 Å². The van der Waals surface area contributed by atoms with Crippen molar-refractivity contribution >= 4 is 17.7 Å². The summed E-state index contributed by atoms with van der Waals surface area (Å²) in [5, 5.41) is 18.1. The van der Waals surface area contributed by atoms with Gasteiger partial charge in [-0.05, 0) is 19.1 Å². The lowest BCUT2D eigenvalue weighted by atomic mass is 10.2. The summed E-state index contributed by atoms with van der Waals surface area (Å²) in [7, 11) is 0. The lowest BCUT2D eigenvalue weighted by Crippen LogP contribution is -2.03. The van der Waals surface area contributed by atoms with Crippen LogP contribution in [-0.2, 0) is 4.79 Å². The molecule has 2 rings (SSSR count). The first-order valence-electron chi connectivity index (χ1n) is 5.29. The molecule has 2 aromatic heterocycles. The number of furan rings is 1. The van der Waals surface area contributed by atoms with Crippen molar-refractivity contribution in [3.63, 3.8) is 0 Å². The summed E-state index contributed by atoms with van der Waals surface area (Å²) < 4.78 is 5.20. The van der Waals surface area contributed by atoms with Crippen molar-refractivity contribution in [1.82, 2.24) is 9.97 Å². The van der Waals surface area contributed by atoms with Crippen LogP contribution >= 0.6 is 11.8 Å². The van der Waals surface area contributed by atoms with E-state index in [2.05, 4.69) is 9.97 Å². The maximum Gasteiger partial charge on any atom is 0.313 e. The highest BCUT2D eigenvalue weighted by Gasteiger charge is 2.15. The number of nitriles is 1. The predicted octanol–water partition coefficient (Wildman–Crippen LogP) is 2.09. The first-order valence-corrected chi connectivity index (χ1v) is 6.27. The summed E-state index contributed by atoms with van der Waals surface area (Å²) in [5.41, 5.74) is 0.790. The standard InChI is InChI=1S/C12H9N3O3S/c1-7-8(5-13)12(19-6-10(16)17)15-11(14-7)9-3-2-4-18-9/h2-4H,6H2,1H3,(H,16,17). The highest BCUT2D eigenvalue weighted by Crippen LogP contribution is 2.25. The van der Waals surface area contributed by atoms with E-state index in [0.29, 0.717) is 27.9 Å². The SMILES string of the molecule is Cc1nc(-c2ccco2)nc(SCC(=O)O)c1C#N. The third kappa shape index (κ3) is 2.92. The Morgan fingerprint density at radius 2 is 2.37 bits per heavy atom. The van der Waals surface area contributed by atoms with Crippen LogP contribution in [0.5, 0.6) is 0 Å². The van der Waals surface area contributed by atoms with E-state index in [1.165, 1.54) is 6.26 Å². The Kier molecular flexibility index (Phi) is 3.82. The average Bonchev–Trinajstić information content (AvgIpc) is 2.89. The Morgan fingerprint density at radius 1 is 1.58 bits per heavy atom. The summed E-state index contributed by atoms with van der Waals surface area (Å²) in [5.74, 6) is -0.313. The first-order chi connectivity index (χ1) is 9.11. The molecule has 7 heteroatoms. The Labute approximate surface area is 113 Å². The zero-order valence-corrected chi connectivity index (χ0v) is 10.8. The molecule has 0 unspecified atom stereocenters. The molecule has 0 aliphatic heterocycles. The second kappa shape index (κ2) is 5.54.